The molecule has 0 unspecified atom stereocenters. The minimum absolute atomic E-state index is 0.0390. The normalized spacial score (nSPS) is 16.6. The van der Waals surface area contributed by atoms with Gasteiger partial charge in [-0.3, -0.25) is 4.90 Å². The Kier molecular flexibility index (Phi) is 4.09. The van der Waals surface area contributed by atoms with Gasteiger partial charge in [0.15, 0.2) is 0 Å². The molecule has 3 rings (SSSR count). The minimum Gasteiger partial charge on any atom is -0.336 e. The van der Waals surface area contributed by atoms with Crippen LogP contribution in [0.4, 0.5) is 10.5 Å². The van der Waals surface area contributed by atoms with E-state index < -0.39 is 0 Å². The number of hydrogen-bond acceptors (Lipinski definition) is 3. The van der Waals surface area contributed by atoms with Gasteiger partial charge in [-0.2, -0.15) is 0 Å². The van der Waals surface area contributed by atoms with Crippen molar-refractivity contribution in [1.82, 2.24) is 20.1 Å². The Morgan fingerprint density at radius 3 is 3.05 bits per heavy atom. The molecule has 0 radical (unpaired) electrons. The van der Waals surface area contributed by atoms with Gasteiger partial charge in [0.05, 0.1) is 0 Å². The molecule has 0 spiro atoms. The number of nitrogens with one attached hydrogen (secondary N) is 1. The molecule has 2 amide bonds. The molecular weight excluding hydrogens is 278 g/mol. The van der Waals surface area contributed by atoms with Crippen molar-refractivity contribution < 1.29 is 4.79 Å². The van der Waals surface area contributed by atoms with Crippen molar-refractivity contribution in [2.24, 2.45) is 0 Å². The van der Waals surface area contributed by atoms with Gasteiger partial charge in [0.25, 0.3) is 0 Å². The van der Waals surface area contributed by atoms with Gasteiger partial charge in [-0.1, -0.05) is 32.0 Å². The third-order valence-corrected chi connectivity index (χ3v) is 4.10. The van der Waals surface area contributed by atoms with Crippen LogP contribution in [0.3, 0.4) is 0 Å². The number of nitrogens with zero attached hydrogens (tertiary/aromatic N) is 4. The van der Waals surface area contributed by atoms with E-state index in [1.165, 1.54) is 5.56 Å². The molecule has 0 saturated carbocycles. The molecule has 2 heterocycles. The lowest BCUT2D eigenvalue weighted by Crippen LogP contribution is -2.40. The number of hydrogen-bond donors (Lipinski definition) is 1. The fourth-order valence-electron chi connectivity index (χ4n) is 2.93. The van der Waals surface area contributed by atoms with Crippen molar-refractivity contribution in [3.05, 3.63) is 42.0 Å². The predicted molar refractivity (Wildman–Crippen MR) is 85.0 cm³/mol. The number of anilines is 1. The van der Waals surface area contributed by atoms with Gasteiger partial charge in [-0.05, 0) is 11.6 Å². The molecule has 2 aromatic rings. The summed E-state index contributed by atoms with van der Waals surface area (Å²) in [6.45, 7) is 6.18. The summed E-state index contributed by atoms with van der Waals surface area (Å²) in [7, 11) is 0. The highest BCUT2D eigenvalue weighted by atomic mass is 16.2. The third-order valence-electron chi connectivity index (χ3n) is 4.10. The van der Waals surface area contributed by atoms with Crippen molar-refractivity contribution in [2.75, 3.05) is 18.0 Å². The SMILES string of the molecule is CCc1nncn1CCNC(=O)N1C[C@@H](C)c2ccccc21. The topological polar surface area (TPSA) is 63.1 Å². The van der Waals surface area contributed by atoms with Crippen LogP contribution >= 0.6 is 0 Å². The molecule has 116 valence electrons. The van der Waals surface area contributed by atoms with Crippen LogP contribution in [0.15, 0.2) is 30.6 Å². The molecule has 1 aromatic heterocycles. The van der Waals surface area contributed by atoms with E-state index in [1.807, 2.05) is 34.6 Å². The van der Waals surface area contributed by atoms with Crippen LogP contribution in [0.25, 0.3) is 0 Å². The number of amides is 2. The molecule has 6 heteroatoms. The van der Waals surface area contributed by atoms with Crippen LogP contribution < -0.4 is 10.2 Å². The summed E-state index contributed by atoms with van der Waals surface area (Å²) in [6.07, 6.45) is 2.54. The van der Waals surface area contributed by atoms with Gasteiger partial charge in [0.1, 0.15) is 12.2 Å². The van der Waals surface area contributed by atoms with Gasteiger partial charge in [0, 0.05) is 37.7 Å². The van der Waals surface area contributed by atoms with Gasteiger partial charge in [-0.15, -0.1) is 10.2 Å². The van der Waals surface area contributed by atoms with E-state index in [1.54, 1.807) is 6.33 Å². The monoisotopic (exact) mass is 299 g/mol. The first kappa shape index (κ1) is 14.6. The Balaban J connectivity index is 1.59. The molecule has 1 aromatic carbocycles. The van der Waals surface area contributed by atoms with E-state index in [0.29, 0.717) is 19.0 Å². The van der Waals surface area contributed by atoms with Crippen molar-refractivity contribution in [2.45, 2.75) is 32.7 Å². The number of carbonyl (C=O) groups excluding carboxylic acids is 1. The predicted octanol–water partition coefficient (Wildman–Crippen LogP) is 2.17. The van der Waals surface area contributed by atoms with E-state index in [2.05, 4.69) is 28.5 Å². The molecule has 1 atom stereocenters. The molecule has 22 heavy (non-hydrogen) atoms. The fraction of sp³-hybridized carbons (Fsp3) is 0.438. The number of carbonyl (C=O) groups is 1. The summed E-state index contributed by atoms with van der Waals surface area (Å²) in [6, 6.07) is 8.06. The smallest absolute Gasteiger partial charge is 0.321 e. The third kappa shape index (κ3) is 2.68. The Morgan fingerprint density at radius 2 is 2.23 bits per heavy atom. The molecule has 0 saturated heterocycles. The second kappa shape index (κ2) is 6.17. The quantitative estimate of drug-likeness (QED) is 0.941. The molecular formula is C16H21N5O. The second-order valence-corrected chi connectivity index (χ2v) is 5.60. The van der Waals surface area contributed by atoms with Crippen molar-refractivity contribution in [3.63, 3.8) is 0 Å². The lowest BCUT2D eigenvalue weighted by molar-refractivity contribution is 0.246. The first-order valence-corrected chi connectivity index (χ1v) is 7.71. The van der Waals surface area contributed by atoms with Crippen molar-refractivity contribution in [1.29, 1.82) is 0 Å². The molecule has 0 bridgehead atoms. The highest BCUT2D eigenvalue weighted by Gasteiger charge is 2.29. The average molecular weight is 299 g/mol. The summed E-state index contributed by atoms with van der Waals surface area (Å²) >= 11 is 0. The van der Waals surface area contributed by atoms with Gasteiger partial charge < -0.3 is 9.88 Å². The van der Waals surface area contributed by atoms with Crippen LogP contribution in [-0.4, -0.2) is 33.9 Å². The molecule has 1 aliphatic heterocycles. The van der Waals surface area contributed by atoms with Gasteiger partial charge in [-0.25, -0.2) is 4.79 Å². The zero-order valence-electron chi connectivity index (χ0n) is 13.0. The summed E-state index contributed by atoms with van der Waals surface area (Å²) < 4.78 is 1.97. The number of aryl methyl sites for hydroxylation is 1. The summed E-state index contributed by atoms with van der Waals surface area (Å²) in [5, 5.41) is 10.9. The lowest BCUT2D eigenvalue weighted by atomic mass is 10.0. The van der Waals surface area contributed by atoms with Crippen LogP contribution in [0.2, 0.25) is 0 Å². The average Bonchev–Trinajstić information content (AvgIpc) is 3.12. The maximum atomic E-state index is 12.4. The van der Waals surface area contributed by atoms with Crippen molar-refractivity contribution in [3.8, 4) is 0 Å². The molecule has 0 fully saturated rings. The maximum absolute atomic E-state index is 12.4. The summed E-state index contributed by atoms with van der Waals surface area (Å²) in [5.41, 5.74) is 2.26. The Morgan fingerprint density at radius 1 is 1.41 bits per heavy atom. The number of fused-ring (bicyclic) bond motifs is 1. The van der Waals surface area contributed by atoms with E-state index in [0.717, 1.165) is 24.5 Å². The number of aromatic nitrogens is 3. The Labute approximate surface area is 130 Å². The number of urea groups is 1. The van der Waals surface area contributed by atoms with E-state index >= 15 is 0 Å². The van der Waals surface area contributed by atoms with E-state index in [4.69, 9.17) is 0 Å². The molecule has 6 nitrogen and oxygen atoms in total. The Bertz CT molecular complexity index is 666. The standard InChI is InChI=1S/C16H21N5O/c1-3-15-19-18-11-20(15)9-8-17-16(22)21-10-12(2)13-6-4-5-7-14(13)21/h4-7,11-12H,3,8-10H2,1-2H3,(H,17,22)/t12-/m1/s1. The molecule has 1 aliphatic rings. The van der Waals surface area contributed by atoms with Crippen LogP contribution in [0.5, 0.6) is 0 Å². The van der Waals surface area contributed by atoms with Gasteiger partial charge >= 0.3 is 6.03 Å². The molecule has 0 aliphatic carbocycles. The number of rotatable bonds is 4. The summed E-state index contributed by atoms with van der Waals surface area (Å²) in [5.74, 6) is 1.32. The minimum atomic E-state index is -0.0390. The second-order valence-electron chi connectivity index (χ2n) is 5.60. The fourth-order valence-corrected chi connectivity index (χ4v) is 2.93. The maximum Gasteiger partial charge on any atom is 0.321 e. The van der Waals surface area contributed by atoms with Gasteiger partial charge in [0.2, 0.25) is 0 Å². The molecule has 1 N–H and O–H groups in total. The van der Waals surface area contributed by atoms with E-state index in [9.17, 15) is 4.79 Å². The lowest BCUT2D eigenvalue weighted by Gasteiger charge is -2.18. The largest absolute Gasteiger partial charge is 0.336 e. The van der Waals surface area contributed by atoms with E-state index in [-0.39, 0.29) is 6.03 Å². The Hall–Kier alpha value is -2.37. The summed E-state index contributed by atoms with van der Waals surface area (Å²) in [4.78, 5) is 14.2. The van der Waals surface area contributed by atoms with Crippen LogP contribution in [0.1, 0.15) is 31.2 Å². The number of para-hydroxylation sites is 1. The zero-order chi connectivity index (χ0) is 15.5. The highest BCUT2D eigenvalue weighted by molar-refractivity contribution is 5.94. The first-order valence-electron chi connectivity index (χ1n) is 7.71. The van der Waals surface area contributed by atoms with Crippen LogP contribution in [0, 0.1) is 0 Å². The highest BCUT2D eigenvalue weighted by Crippen LogP contribution is 2.35. The first-order chi connectivity index (χ1) is 10.7. The zero-order valence-corrected chi connectivity index (χ0v) is 13.0. The van der Waals surface area contributed by atoms with Crippen LogP contribution in [-0.2, 0) is 13.0 Å². The number of benzene rings is 1. The van der Waals surface area contributed by atoms with Crippen molar-refractivity contribution >= 4 is 11.7 Å².